The molecule has 3 aromatic carbocycles. The Hall–Kier alpha value is -2.83. The molecule has 5 rings (SSSR count). The van der Waals surface area contributed by atoms with Crippen LogP contribution >= 0.6 is 11.8 Å². The number of carbonyl (C=O) groups is 1. The SMILES string of the molecule is O=C1c2ccccc2Sc2ccccc2N1CCCCCN1CCN(c2ccc(F)cc2)CC1. The van der Waals surface area contributed by atoms with Gasteiger partial charge in [0.1, 0.15) is 5.82 Å². The normalized spacial score (nSPS) is 16.2. The molecule has 2 aliphatic heterocycles. The van der Waals surface area contributed by atoms with Crippen LogP contribution in [-0.2, 0) is 0 Å². The van der Waals surface area contributed by atoms with Gasteiger partial charge in [-0.1, -0.05) is 42.4 Å². The summed E-state index contributed by atoms with van der Waals surface area (Å²) in [6.07, 6.45) is 3.22. The van der Waals surface area contributed by atoms with Crippen LogP contribution in [0.1, 0.15) is 29.6 Å². The summed E-state index contributed by atoms with van der Waals surface area (Å²) in [5.41, 5.74) is 2.91. The third-order valence-corrected chi connectivity index (χ3v) is 7.80. The zero-order valence-corrected chi connectivity index (χ0v) is 20.1. The molecule has 0 saturated carbocycles. The van der Waals surface area contributed by atoms with E-state index in [-0.39, 0.29) is 11.7 Å². The van der Waals surface area contributed by atoms with Crippen LogP contribution in [0.25, 0.3) is 0 Å². The van der Waals surface area contributed by atoms with Crippen molar-refractivity contribution in [2.45, 2.75) is 29.1 Å². The van der Waals surface area contributed by atoms with E-state index >= 15 is 0 Å². The van der Waals surface area contributed by atoms with E-state index in [1.54, 1.807) is 11.8 Å². The molecule has 0 bridgehead atoms. The maximum Gasteiger partial charge on any atom is 0.259 e. The molecule has 0 spiro atoms. The standard InChI is InChI=1S/C28H30FN3OS/c29-22-12-14-23(15-13-22)31-20-18-30(19-21-31)16-6-1-7-17-32-25-9-3-5-11-27(25)34-26-10-4-2-8-24(26)28(32)33/h2-5,8-15H,1,6-7,16-21H2. The van der Waals surface area contributed by atoms with Crippen molar-refractivity contribution in [2.24, 2.45) is 0 Å². The highest BCUT2D eigenvalue weighted by atomic mass is 32.2. The first-order valence-electron chi connectivity index (χ1n) is 12.1. The third kappa shape index (κ3) is 5.13. The second-order valence-corrected chi connectivity index (χ2v) is 9.97. The summed E-state index contributed by atoms with van der Waals surface area (Å²) in [4.78, 5) is 22.3. The van der Waals surface area contributed by atoms with Gasteiger partial charge in [-0.2, -0.15) is 0 Å². The quantitative estimate of drug-likeness (QED) is 0.396. The number of fused-ring (bicyclic) bond motifs is 2. The van der Waals surface area contributed by atoms with Crippen molar-refractivity contribution in [1.29, 1.82) is 0 Å². The molecule has 0 atom stereocenters. The number of rotatable bonds is 7. The summed E-state index contributed by atoms with van der Waals surface area (Å²) in [7, 11) is 0. The molecule has 0 N–H and O–H groups in total. The predicted octanol–water partition coefficient (Wildman–Crippen LogP) is 5.93. The Morgan fingerprint density at radius 1 is 0.735 bits per heavy atom. The van der Waals surface area contributed by atoms with E-state index in [1.807, 2.05) is 53.4 Å². The lowest BCUT2D eigenvalue weighted by molar-refractivity contribution is 0.0983. The molecule has 34 heavy (non-hydrogen) atoms. The lowest BCUT2D eigenvalue weighted by Gasteiger charge is -2.36. The topological polar surface area (TPSA) is 26.8 Å². The highest BCUT2D eigenvalue weighted by Gasteiger charge is 2.26. The molecule has 6 heteroatoms. The van der Waals surface area contributed by atoms with Crippen LogP contribution in [0.4, 0.5) is 15.8 Å². The summed E-state index contributed by atoms with van der Waals surface area (Å²) in [5, 5.41) is 0. The van der Waals surface area contributed by atoms with Crippen molar-refractivity contribution in [1.82, 2.24) is 4.90 Å². The van der Waals surface area contributed by atoms with Crippen LogP contribution < -0.4 is 9.80 Å². The Morgan fingerprint density at radius 3 is 2.21 bits per heavy atom. The van der Waals surface area contributed by atoms with Crippen LogP contribution in [0, 0.1) is 5.82 Å². The summed E-state index contributed by atoms with van der Waals surface area (Å²) < 4.78 is 13.2. The number of piperazine rings is 1. The minimum atomic E-state index is -0.185. The van der Waals surface area contributed by atoms with Crippen LogP contribution in [0.5, 0.6) is 0 Å². The van der Waals surface area contributed by atoms with Crippen molar-refractivity contribution in [2.75, 3.05) is 49.1 Å². The number of hydrogen-bond donors (Lipinski definition) is 0. The smallest absolute Gasteiger partial charge is 0.259 e. The molecule has 2 aliphatic rings. The average Bonchev–Trinajstić information content (AvgIpc) is 2.99. The summed E-state index contributed by atoms with van der Waals surface area (Å²) in [6.45, 7) is 5.83. The first-order chi connectivity index (χ1) is 16.7. The van der Waals surface area contributed by atoms with Gasteiger partial charge in [-0.3, -0.25) is 9.69 Å². The minimum Gasteiger partial charge on any atom is -0.369 e. The maximum atomic E-state index is 13.4. The molecular formula is C28H30FN3OS. The number of carbonyl (C=O) groups excluding carboxylic acids is 1. The summed E-state index contributed by atoms with van der Waals surface area (Å²) in [5.74, 6) is -0.0827. The number of hydrogen-bond acceptors (Lipinski definition) is 4. The number of amides is 1. The van der Waals surface area contributed by atoms with Crippen molar-refractivity contribution in [3.8, 4) is 0 Å². The second kappa shape index (κ2) is 10.6. The highest BCUT2D eigenvalue weighted by molar-refractivity contribution is 7.99. The van der Waals surface area contributed by atoms with E-state index in [4.69, 9.17) is 0 Å². The van der Waals surface area contributed by atoms with Crippen LogP contribution in [-0.4, -0.2) is 50.1 Å². The fourth-order valence-corrected chi connectivity index (χ4v) is 5.84. The van der Waals surface area contributed by atoms with Gasteiger partial charge >= 0.3 is 0 Å². The predicted molar refractivity (Wildman–Crippen MR) is 138 cm³/mol. The zero-order valence-electron chi connectivity index (χ0n) is 19.3. The maximum absolute atomic E-state index is 13.4. The van der Waals surface area contributed by atoms with Crippen molar-refractivity contribution >= 4 is 29.0 Å². The first kappa shape index (κ1) is 22.9. The molecule has 0 aliphatic carbocycles. The molecule has 1 saturated heterocycles. The summed E-state index contributed by atoms with van der Waals surface area (Å²) >= 11 is 1.68. The lowest BCUT2D eigenvalue weighted by Crippen LogP contribution is -2.46. The molecule has 176 valence electrons. The summed E-state index contributed by atoms with van der Waals surface area (Å²) in [6, 6.07) is 22.9. The number of halogens is 1. The van der Waals surface area contributed by atoms with Gasteiger partial charge in [0, 0.05) is 48.2 Å². The van der Waals surface area contributed by atoms with Gasteiger partial charge in [-0.15, -0.1) is 0 Å². The molecule has 3 aromatic rings. The van der Waals surface area contributed by atoms with Gasteiger partial charge in [0.15, 0.2) is 0 Å². The zero-order chi connectivity index (χ0) is 23.3. The minimum absolute atomic E-state index is 0.102. The Morgan fingerprint density at radius 2 is 1.41 bits per heavy atom. The molecule has 1 fully saturated rings. The number of benzene rings is 3. The third-order valence-electron chi connectivity index (χ3n) is 6.66. The van der Waals surface area contributed by atoms with E-state index in [1.165, 1.54) is 12.1 Å². The average molecular weight is 476 g/mol. The number of para-hydroxylation sites is 1. The Bertz CT molecular complexity index is 1130. The number of nitrogens with zero attached hydrogens (tertiary/aromatic N) is 3. The van der Waals surface area contributed by atoms with Gasteiger partial charge < -0.3 is 9.80 Å². The van der Waals surface area contributed by atoms with Crippen LogP contribution in [0.15, 0.2) is 82.6 Å². The molecule has 0 radical (unpaired) electrons. The molecular weight excluding hydrogens is 445 g/mol. The van der Waals surface area contributed by atoms with Gasteiger partial charge in [0.2, 0.25) is 0 Å². The van der Waals surface area contributed by atoms with E-state index in [2.05, 4.69) is 21.9 Å². The fraction of sp³-hybridized carbons (Fsp3) is 0.321. The largest absolute Gasteiger partial charge is 0.369 e. The molecule has 4 nitrogen and oxygen atoms in total. The van der Waals surface area contributed by atoms with Gasteiger partial charge in [0.05, 0.1) is 11.3 Å². The van der Waals surface area contributed by atoms with Crippen molar-refractivity contribution < 1.29 is 9.18 Å². The fourth-order valence-electron chi connectivity index (χ4n) is 4.76. The van der Waals surface area contributed by atoms with E-state index in [0.717, 1.165) is 85.3 Å². The van der Waals surface area contributed by atoms with Gasteiger partial charge in [0.25, 0.3) is 5.91 Å². The monoisotopic (exact) mass is 475 g/mol. The molecule has 0 aromatic heterocycles. The van der Waals surface area contributed by atoms with Crippen LogP contribution in [0.3, 0.4) is 0 Å². The number of anilines is 2. The number of unbranched alkanes of at least 4 members (excludes halogenated alkanes) is 2. The van der Waals surface area contributed by atoms with Gasteiger partial charge in [-0.05, 0) is 67.9 Å². The van der Waals surface area contributed by atoms with Gasteiger partial charge in [-0.25, -0.2) is 4.39 Å². The first-order valence-corrected chi connectivity index (χ1v) is 12.9. The Kier molecular flexibility index (Phi) is 7.16. The highest BCUT2D eigenvalue weighted by Crippen LogP contribution is 2.41. The van der Waals surface area contributed by atoms with Crippen molar-refractivity contribution in [3.63, 3.8) is 0 Å². The Labute approximate surface area is 205 Å². The van der Waals surface area contributed by atoms with Crippen molar-refractivity contribution in [3.05, 3.63) is 84.2 Å². The second-order valence-electron chi connectivity index (χ2n) is 8.89. The molecule has 2 heterocycles. The lowest BCUT2D eigenvalue weighted by atomic mass is 10.1. The Balaban J connectivity index is 1.11. The molecule has 0 unspecified atom stereocenters. The van der Waals surface area contributed by atoms with E-state index in [9.17, 15) is 9.18 Å². The van der Waals surface area contributed by atoms with E-state index < -0.39 is 0 Å². The van der Waals surface area contributed by atoms with E-state index in [0.29, 0.717) is 0 Å². The molecule has 1 amide bonds. The van der Waals surface area contributed by atoms with Crippen LogP contribution in [0.2, 0.25) is 0 Å².